The summed E-state index contributed by atoms with van der Waals surface area (Å²) < 4.78 is 0.888. The predicted molar refractivity (Wildman–Crippen MR) is 104 cm³/mol. The Bertz CT molecular complexity index is 683. The second kappa shape index (κ2) is 8.78. The van der Waals surface area contributed by atoms with Crippen LogP contribution in [0.1, 0.15) is 47.8 Å². The zero-order valence-electron chi connectivity index (χ0n) is 13.8. The van der Waals surface area contributed by atoms with Gasteiger partial charge in [0.1, 0.15) is 6.04 Å². The fourth-order valence-electron chi connectivity index (χ4n) is 2.27. The van der Waals surface area contributed by atoms with E-state index >= 15 is 0 Å². The van der Waals surface area contributed by atoms with Gasteiger partial charge in [-0.3, -0.25) is 9.59 Å². The number of carbonyl (C=O) groups excluding carboxylic acids is 2. The van der Waals surface area contributed by atoms with E-state index in [0.29, 0.717) is 10.8 Å². The number of hydrogen-bond acceptors (Lipinski definition) is 4. The molecule has 2 aromatic heterocycles. The smallest absolute Gasteiger partial charge is 0.262 e. The van der Waals surface area contributed by atoms with Gasteiger partial charge < -0.3 is 10.6 Å². The molecule has 2 aromatic rings. The lowest BCUT2D eigenvalue weighted by Gasteiger charge is -2.22. The molecule has 2 rings (SSSR count). The van der Waals surface area contributed by atoms with E-state index in [-0.39, 0.29) is 17.9 Å². The average molecular weight is 429 g/mol. The molecule has 7 heteroatoms. The van der Waals surface area contributed by atoms with Gasteiger partial charge in [-0.1, -0.05) is 19.9 Å². The van der Waals surface area contributed by atoms with Crippen molar-refractivity contribution in [1.29, 1.82) is 0 Å². The van der Waals surface area contributed by atoms with Gasteiger partial charge in [0.2, 0.25) is 5.91 Å². The predicted octanol–water partition coefficient (Wildman–Crippen LogP) is 4.59. The summed E-state index contributed by atoms with van der Waals surface area (Å²) in [4.78, 5) is 26.4. The summed E-state index contributed by atoms with van der Waals surface area (Å²) in [5.74, 6) is 0.0636. The molecule has 0 fully saturated rings. The molecule has 0 aliphatic carbocycles. The van der Waals surface area contributed by atoms with E-state index in [4.69, 9.17) is 0 Å². The minimum absolute atomic E-state index is 0.0206. The molecule has 0 saturated heterocycles. The lowest BCUT2D eigenvalue weighted by molar-refractivity contribution is -0.123. The molecule has 130 valence electrons. The first-order valence-corrected chi connectivity index (χ1v) is 10.3. The highest BCUT2D eigenvalue weighted by Gasteiger charge is 2.22. The Morgan fingerprint density at radius 1 is 1.17 bits per heavy atom. The Morgan fingerprint density at radius 2 is 1.92 bits per heavy atom. The molecule has 2 N–H and O–H groups in total. The summed E-state index contributed by atoms with van der Waals surface area (Å²) in [6, 6.07) is 6.96. The average Bonchev–Trinajstić information content (AvgIpc) is 3.17. The van der Waals surface area contributed by atoms with Crippen molar-refractivity contribution in [3.63, 3.8) is 0 Å². The monoisotopic (exact) mass is 428 g/mol. The van der Waals surface area contributed by atoms with Crippen LogP contribution in [-0.4, -0.2) is 17.9 Å². The molecule has 0 aliphatic rings. The second-order valence-corrected chi connectivity index (χ2v) is 9.45. The quantitative estimate of drug-likeness (QED) is 0.676. The Balaban J connectivity index is 1.97. The van der Waals surface area contributed by atoms with Crippen LogP contribution in [0.25, 0.3) is 0 Å². The molecular weight excluding hydrogens is 408 g/mol. The summed E-state index contributed by atoms with van der Waals surface area (Å²) in [5.41, 5.74) is 0. The van der Waals surface area contributed by atoms with Crippen molar-refractivity contribution in [1.82, 2.24) is 10.6 Å². The Labute approximate surface area is 158 Å². The van der Waals surface area contributed by atoms with Crippen molar-refractivity contribution < 1.29 is 9.59 Å². The fraction of sp³-hybridized carbons (Fsp3) is 0.412. The normalized spacial score (nSPS) is 13.5. The third-order valence-corrected chi connectivity index (χ3v) is 6.06. The molecule has 2 heterocycles. The van der Waals surface area contributed by atoms with E-state index in [2.05, 4.69) is 40.4 Å². The van der Waals surface area contributed by atoms with Crippen LogP contribution in [-0.2, 0) is 4.79 Å². The zero-order valence-corrected chi connectivity index (χ0v) is 17.1. The molecule has 2 unspecified atom stereocenters. The number of hydrogen-bond donors (Lipinski definition) is 2. The van der Waals surface area contributed by atoms with Crippen LogP contribution < -0.4 is 10.6 Å². The van der Waals surface area contributed by atoms with E-state index in [1.807, 2.05) is 23.6 Å². The topological polar surface area (TPSA) is 58.2 Å². The summed E-state index contributed by atoms with van der Waals surface area (Å²) in [5, 5.41) is 7.83. The third kappa shape index (κ3) is 5.43. The van der Waals surface area contributed by atoms with Crippen LogP contribution >= 0.6 is 38.6 Å². The Hall–Kier alpha value is -1.18. The van der Waals surface area contributed by atoms with Gasteiger partial charge in [0.25, 0.3) is 5.91 Å². The summed E-state index contributed by atoms with van der Waals surface area (Å²) >= 11 is 6.31. The molecule has 2 amide bonds. The van der Waals surface area contributed by atoms with Crippen molar-refractivity contribution in [3.05, 3.63) is 43.2 Å². The molecule has 24 heavy (non-hydrogen) atoms. The standard InChI is InChI=1S/C17H21BrN2O2S2/c1-10(2)9-12(13-5-4-8-23-13)20-16(21)11(3)19-17(22)14-6-7-15(18)24-14/h4-8,10-12H,9H2,1-3H3,(H,19,22)(H,20,21). The van der Waals surface area contributed by atoms with E-state index in [9.17, 15) is 9.59 Å². The lowest BCUT2D eigenvalue weighted by Crippen LogP contribution is -2.45. The number of nitrogens with one attached hydrogen (secondary N) is 2. The number of halogens is 1. The van der Waals surface area contributed by atoms with Crippen molar-refractivity contribution in [2.24, 2.45) is 5.92 Å². The van der Waals surface area contributed by atoms with Gasteiger partial charge in [-0.25, -0.2) is 0 Å². The largest absolute Gasteiger partial charge is 0.347 e. The molecule has 0 spiro atoms. The van der Waals surface area contributed by atoms with Gasteiger partial charge in [0.15, 0.2) is 0 Å². The van der Waals surface area contributed by atoms with Crippen molar-refractivity contribution in [2.75, 3.05) is 0 Å². The molecular formula is C17H21BrN2O2S2. The second-order valence-electron chi connectivity index (χ2n) is 6.01. The van der Waals surface area contributed by atoms with Crippen LogP contribution in [0.4, 0.5) is 0 Å². The van der Waals surface area contributed by atoms with Crippen LogP contribution in [0.2, 0.25) is 0 Å². The van der Waals surface area contributed by atoms with E-state index in [0.717, 1.165) is 15.1 Å². The SMILES string of the molecule is CC(C)CC(NC(=O)C(C)NC(=O)c1ccc(Br)s1)c1cccs1. The lowest BCUT2D eigenvalue weighted by atomic mass is 10.0. The van der Waals surface area contributed by atoms with Gasteiger partial charge in [0, 0.05) is 4.88 Å². The minimum Gasteiger partial charge on any atom is -0.347 e. The van der Waals surface area contributed by atoms with Gasteiger partial charge in [-0.15, -0.1) is 22.7 Å². The van der Waals surface area contributed by atoms with Crippen LogP contribution in [0.15, 0.2) is 33.4 Å². The Morgan fingerprint density at radius 3 is 2.46 bits per heavy atom. The van der Waals surface area contributed by atoms with E-state index < -0.39 is 6.04 Å². The number of rotatable bonds is 7. The van der Waals surface area contributed by atoms with Crippen molar-refractivity contribution in [2.45, 2.75) is 39.3 Å². The van der Waals surface area contributed by atoms with Gasteiger partial charge in [-0.2, -0.15) is 0 Å². The maximum atomic E-state index is 12.5. The molecule has 2 atom stereocenters. The molecule has 0 radical (unpaired) electrons. The molecule has 4 nitrogen and oxygen atoms in total. The first-order chi connectivity index (χ1) is 11.4. The Kier molecular flexibility index (Phi) is 7.01. The summed E-state index contributed by atoms with van der Waals surface area (Å²) in [6.45, 7) is 5.97. The van der Waals surface area contributed by atoms with E-state index in [1.54, 1.807) is 24.3 Å². The fourth-order valence-corrected chi connectivity index (χ4v) is 4.35. The molecule has 0 aliphatic heterocycles. The molecule has 0 aromatic carbocycles. The first kappa shape index (κ1) is 19.1. The zero-order chi connectivity index (χ0) is 17.7. The van der Waals surface area contributed by atoms with Gasteiger partial charge in [0.05, 0.1) is 14.7 Å². The van der Waals surface area contributed by atoms with E-state index in [1.165, 1.54) is 11.3 Å². The summed E-state index contributed by atoms with van der Waals surface area (Å²) in [6.07, 6.45) is 0.866. The van der Waals surface area contributed by atoms with Crippen LogP contribution in [0.3, 0.4) is 0 Å². The van der Waals surface area contributed by atoms with Gasteiger partial charge >= 0.3 is 0 Å². The number of carbonyl (C=O) groups is 2. The van der Waals surface area contributed by atoms with Crippen LogP contribution in [0.5, 0.6) is 0 Å². The molecule has 0 saturated carbocycles. The highest BCUT2D eigenvalue weighted by Crippen LogP contribution is 2.25. The van der Waals surface area contributed by atoms with Crippen LogP contribution in [0, 0.1) is 5.92 Å². The van der Waals surface area contributed by atoms with Crippen molar-refractivity contribution >= 4 is 50.4 Å². The summed E-state index contributed by atoms with van der Waals surface area (Å²) in [7, 11) is 0. The highest BCUT2D eigenvalue weighted by molar-refractivity contribution is 9.11. The van der Waals surface area contributed by atoms with Crippen molar-refractivity contribution in [3.8, 4) is 0 Å². The molecule has 0 bridgehead atoms. The highest BCUT2D eigenvalue weighted by atomic mass is 79.9. The third-order valence-electron chi connectivity index (χ3n) is 3.45. The van der Waals surface area contributed by atoms with Gasteiger partial charge in [-0.05, 0) is 58.8 Å². The number of amides is 2. The maximum absolute atomic E-state index is 12.5. The maximum Gasteiger partial charge on any atom is 0.262 e. The first-order valence-electron chi connectivity index (χ1n) is 7.76. The minimum atomic E-state index is -0.590. The number of thiophene rings is 2.